The Morgan fingerprint density at radius 2 is 1.86 bits per heavy atom. The van der Waals surface area contributed by atoms with Gasteiger partial charge in [-0.25, -0.2) is 0 Å². The van der Waals surface area contributed by atoms with Gasteiger partial charge in [0.25, 0.3) is 0 Å². The summed E-state index contributed by atoms with van der Waals surface area (Å²) in [7, 11) is 1.73. The Balaban J connectivity index is 2.00. The van der Waals surface area contributed by atoms with E-state index in [1.807, 2.05) is 11.8 Å². The Morgan fingerprint density at radius 1 is 1.05 bits per heavy atom. The van der Waals surface area contributed by atoms with Gasteiger partial charge in [0.1, 0.15) is 0 Å². The molecule has 1 N–H and O–H groups in total. The fourth-order valence-corrected chi connectivity index (χ4v) is 3.13. The van der Waals surface area contributed by atoms with Crippen LogP contribution in [0.1, 0.15) is 16.7 Å². The van der Waals surface area contributed by atoms with E-state index in [0.29, 0.717) is 0 Å². The zero-order valence-electron chi connectivity index (χ0n) is 13.0. The van der Waals surface area contributed by atoms with Crippen LogP contribution >= 0.6 is 11.8 Å². The number of hydrogen-bond acceptors (Lipinski definition) is 3. The fraction of sp³-hybridized carbons (Fsp3) is 0.333. The van der Waals surface area contributed by atoms with Gasteiger partial charge in [-0.1, -0.05) is 36.0 Å². The number of methoxy groups -OCH3 is 1. The smallest absolute Gasteiger partial charge is 0.0587 e. The predicted octanol–water partition coefficient (Wildman–Crippen LogP) is 4.19. The Labute approximate surface area is 131 Å². The zero-order valence-corrected chi connectivity index (χ0v) is 13.8. The number of benzene rings is 2. The Kier molecular flexibility index (Phi) is 6.30. The highest BCUT2D eigenvalue weighted by molar-refractivity contribution is 7.99. The van der Waals surface area contributed by atoms with Crippen molar-refractivity contribution in [3.63, 3.8) is 0 Å². The number of hydrogen-bond donors (Lipinski definition) is 1. The molecule has 0 amide bonds. The summed E-state index contributed by atoms with van der Waals surface area (Å²) in [6.07, 6.45) is 0. The maximum atomic E-state index is 5.04. The zero-order chi connectivity index (χ0) is 15.1. The summed E-state index contributed by atoms with van der Waals surface area (Å²) in [5.41, 5.74) is 4.00. The third-order valence-corrected chi connectivity index (χ3v) is 4.60. The van der Waals surface area contributed by atoms with Crippen molar-refractivity contribution in [2.24, 2.45) is 0 Å². The fourth-order valence-electron chi connectivity index (χ4n) is 2.13. The molecule has 0 spiro atoms. The molecule has 2 nitrogen and oxygen atoms in total. The minimum atomic E-state index is 0.750. The van der Waals surface area contributed by atoms with Gasteiger partial charge in [-0.15, -0.1) is 0 Å². The van der Waals surface area contributed by atoms with E-state index in [2.05, 4.69) is 61.6 Å². The lowest BCUT2D eigenvalue weighted by Crippen LogP contribution is -2.19. The molecule has 0 radical (unpaired) electrons. The van der Waals surface area contributed by atoms with E-state index in [9.17, 15) is 0 Å². The third-order valence-electron chi connectivity index (χ3n) is 3.43. The highest BCUT2D eigenvalue weighted by Gasteiger charge is 2.03. The standard InChI is InChI=1S/C18H23NOS/c1-14-6-4-5-7-18(14)21-17-9-8-16(15(2)12-17)13-19-10-11-20-3/h4-9,12,19H,10-11,13H2,1-3H3. The van der Waals surface area contributed by atoms with E-state index < -0.39 is 0 Å². The molecule has 2 aromatic rings. The molecule has 0 unspecified atom stereocenters. The highest BCUT2D eigenvalue weighted by Crippen LogP contribution is 2.31. The van der Waals surface area contributed by atoms with Gasteiger partial charge in [0.2, 0.25) is 0 Å². The van der Waals surface area contributed by atoms with Gasteiger partial charge >= 0.3 is 0 Å². The van der Waals surface area contributed by atoms with Crippen LogP contribution in [-0.2, 0) is 11.3 Å². The molecular formula is C18H23NOS. The summed E-state index contributed by atoms with van der Waals surface area (Å²) in [6, 6.07) is 15.2. The minimum absolute atomic E-state index is 0.750. The van der Waals surface area contributed by atoms with Gasteiger partial charge in [-0.05, 0) is 48.7 Å². The molecule has 0 heterocycles. The van der Waals surface area contributed by atoms with E-state index >= 15 is 0 Å². The first kappa shape index (κ1) is 16.1. The van der Waals surface area contributed by atoms with Gasteiger partial charge in [0.15, 0.2) is 0 Å². The lowest BCUT2D eigenvalue weighted by Gasteiger charge is -2.10. The molecule has 0 aromatic heterocycles. The van der Waals surface area contributed by atoms with Crippen molar-refractivity contribution in [3.05, 3.63) is 59.2 Å². The van der Waals surface area contributed by atoms with Crippen molar-refractivity contribution >= 4 is 11.8 Å². The molecule has 2 rings (SSSR count). The predicted molar refractivity (Wildman–Crippen MR) is 90.1 cm³/mol. The van der Waals surface area contributed by atoms with Crippen molar-refractivity contribution in [2.75, 3.05) is 20.3 Å². The lowest BCUT2D eigenvalue weighted by molar-refractivity contribution is 0.199. The van der Waals surface area contributed by atoms with Crippen LogP contribution in [0.3, 0.4) is 0 Å². The summed E-state index contributed by atoms with van der Waals surface area (Å²) in [6.45, 7) is 6.86. The van der Waals surface area contributed by atoms with Crippen molar-refractivity contribution in [3.8, 4) is 0 Å². The normalized spacial score (nSPS) is 10.8. The van der Waals surface area contributed by atoms with Gasteiger partial charge < -0.3 is 10.1 Å². The van der Waals surface area contributed by atoms with Crippen molar-refractivity contribution < 1.29 is 4.74 Å². The molecule has 0 bridgehead atoms. The summed E-state index contributed by atoms with van der Waals surface area (Å²) in [4.78, 5) is 2.62. The van der Waals surface area contributed by atoms with E-state index in [1.54, 1.807) is 7.11 Å². The molecule has 0 saturated carbocycles. The average molecular weight is 301 g/mol. The average Bonchev–Trinajstić information content (AvgIpc) is 2.48. The van der Waals surface area contributed by atoms with Crippen LogP contribution in [-0.4, -0.2) is 20.3 Å². The number of aryl methyl sites for hydroxylation is 2. The topological polar surface area (TPSA) is 21.3 Å². The molecule has 0 atom stereocenters. The summed E-state index contributed by atoms with van der Waals surface area (Å²) < 4.78 is 5.04. The molecule has 0 aliphatic heterocycles. The van der Waals surface area contributed by atoms with E-state index in [-0.39, 0.29) is 0 Å². The first-order valence-corrected chi connectivity index (χ1v) is 8.05. The van der Waals surface area contributed by atoms with E-state index in [4.69, 9.17) is 4.74 Å². The SMILES string of the molecule is COCCNCc1ccc(Sc2ccccc2C)cc1C. The first-order valence-electron chi connectivity index (χ1n) is 7.23. The van der Waals surface area contributed by atoms with Crippen LogP contribution in [0, 0.1) is 13.8 Å². The molecule has 0 aliphatic rings. The largest absolute Gasteiger partial charge is 0.383 e. The maximum absolute atomic E-state index is 5.04. The van der Waals surface area contributed by atoms with E-state index in [1.165, 1.54) is 26.5 Å². The van der Waals surface area contributed by atoms with Gasteiger partial charge in [0, 0.05) is 30.0 Å². The van der Waals surface area contributed by atoms with Crippen molar-refractivity contribution in [1.82, 2.24) is 5.32 Å². The molecule has 0 saturated heterocycles. The quantitative estimate of drug-likeness (QED) is 0.775. The van der Waals surface area contributed by atoms with Crippen LogP contribution < -0.4 is 5.32 Å². The Hall–Kier alpha value is -1.29. The van der Waals surface area contributed by atoms with E-state index in [0.717, 1.165) is 19.7 Å². The van der Waals surface area contributed by atoms with Crippen LogP contribution in [0.25, 0.3) is 0 Å². The number of nitrogens with one attached hydrogen (secondary N) is 1. The molecule has 21 heavy (non-hydrogen) atoms. The van der Waals surface area contributed by atoms with Crippen LogP contribution in [0.2, 0.25) is 0 Å². The second-order valence-corrected chi connectivity index (χ2v) is 6.24. The third kappa shape index (κ3) is 4.88. The first-order chi connectivity index (χ1) is 10.2. The number of rotatable bonds is 7. The maximum Gasteiger partial charge on any atom is 0.0587 e. The molecular weight excluding hydrogens is 278 g/mol. The summed E-state index contributed by atoms with van der Waals surface area (Å²) >= 11 is 1.83. The van der Waals surface area contributed by atoms with Crippen molar-refractivity contribution in [1.29, 1.82) is 0 Å². The molecule has 112 valence electrons. The highest BCUT2D eigenvalue weighted by atomic mass is 32.2. The monoisotopic (exact) mass is 301 g/mol. The molecule has 0 aliphatic carbocycles. The lowest BCUT2D eigenvalue weighted by atomic mass is 10.1. The van der Waals surface area contributed by atoms with Crippen molar-refractivity contribution in [2.45, 2.75) is 30.2 Å². The second kappa shape index (κ2) is 8.23. The summed E-state index contributed by atoms with van der Waals surface area (Å²) in [5.74, 6) is 0. The van der Waals surface area contributed by atoms with Crippen LogP contribution in [0.5, 0.6) is 0 Å². The Bertz CT molecular complexity index is 583. The molecule has 3 heteroatoms. The van der Waals surface area contributed by atoms with Gasteiger partial charge in [0.05, 0.1) is 6.61 Å². The molecule has 0 fully saturated rings. The number of ether oxygens (including phenoxy) is 1. The second-order valence-electron chi connectivity index (χ2n) is 5.13. The van der Waals surface area contributed by atoms with Gasteiger partial charge in [-0.2, -0.15) is 0 Å². The summed E-state index contributed by atoms with van der Waals surface area (Å²) in [5, 5.41) is 3.39. The van der Waals surface area contributed by atoms with Crippen LogP contribution in [0.4, 0.5) is 0 Å². The van der Waals surface area contributed by atoms with Crippen LogP contribution in [0.15, 0.2) is 52.3 Å². The minimum Gasteiger partial charge on any atom is -0.383 e. The molecule has 2 aromatic carbocycles. The van der Waals surface area contributed by atoms with Gasteiger partial charge in [-0.3, -0.25) is 0 Å². The Morgan fingerprint density at radius 3 is 2.57 bits per heavy atom.